The molecule has 1 saturated heterocycles. The maximum Gasteiger partial charge on any atom is 0.295 e. The van der Waals surface area contributed by atoms with Gasteiger partial charge in [0, 0.05) is 24.5 Å². The molecule has 2 heterocycles. The Morgan fingerprint density at radius 2 is 1.76 bits per heavy atom. The van der Waals surface area contributed by atoms with Crippen molar-refractivity contribution in [1.29, 1.82) is 0 Å². The number of carbonyl (C=O) groups excluding carboxylic acids is 2. The Labute approximate surface area is 191 Å². The Bertz CT molecular complexity index is 1190. The second-order valence-corrected chi connectivity index (χ2v) is 7.52. The minimum atomic E-state index is -0.777. The molecule has 168 valence electrons. The predicted octanol–water partition coefficient (Wildman–Crippen LogP) is 4.11. The molecule has 0 spiro atoms. The van der Waals surface area contributed by atoms with E-state index in [1.54, 1.807) is 43.5 Å². The number of likely N-dealkylation sites (tertiary alicyclic amines) is 1. The minimum Gasteiger partial charge on any atom is -0.507 e. The Balaban J connectivity index is 1.83. The van der Waals surface area contributed by atoms with Gasteiger partial charge in [-0.15, -0.1) is 0 Å². The van der Waals surface area contributed by atoms with Crippen LogP contribution >= 0.6 is 0 Å². The summed E-state index contributed by atoms with van der Waals surface area (Å²) in [4.78, 5) is 31.7. The highest BCUT2D eigenvalue weighted by Crippen LogP contribution is 2.41. The topological polar surface area (TPSA) is 89.0 Å². The van der Waals surface area contributed by atoms with E-state index in [1.165, 1.54) is 17.3 Å². The van der Waals surface area contributed by atoms with E-state index in [0.717, 1.165) is 5.56 Å². The van der Waals surface area contributed by atoms with Gasteiger partial charge in [-0.2, -0.15) is 0 Å². The van der Waals surface area contributed by atoms with Gasteiger partial charge in [0.05, 0.1) is 25.3 Å². The normalized spacial score (nSPS) is 17.3. The lowest BCUT2D eigenvalue weighted by atomic mass is 9.95. The summed E-state index contributed by atoms with van der Waals surface area (Å²) in [5, 5.41) is 11.1. The fraction of sp³-hybridized carbons (Fsp3) is 0.192. The minimum absolute atomic E-state index is 0.0355. The molecule has 0 bridgehead atoms. The molecule has 7 nitrogen and oxygen atoms in total. The first-order chi connectivity index (χ1) is 16.0. The number of aliphatic hydroxyl groups is 1. The number of aromatic nitrogens is 1. The second-order valence-electron chi connectivity index (χ2n) is 7.52. The van der Waals surface area contributed by atoms with Crippen LogP contribution < -0.4 is 9.47 Å². The van der Waals surface area contributed by atoms with E-state index in [4.69, 9.17) is 9.47 Å². The number of Topliss-reactive ketones (excluding diaryl/α,β-unsaturated/α-hetero) is 1. The predicted molar refractivity (Wildman–Crippen MR) is 123 cm³/mol. The third-order valence-corrected chi connectivity index (χ3v) is 5.49. The number of ketones is 1. The van der Waals surface area contributed by atoms with Crippen molar-refractivity contribution < 1.29 is 24.2 Å². The average Bonchev–Trinajstić information content (AvgIpc) is 3.10. The number of pyridine rings is 1. The van der Waals surface area contributed by atoms with Gasteiger partial charge in [0.25, 0.3) is 11.7 Å². The first-order valence-electron chi connectivity index (χ1n) is 10.6. The SMILES string of the molecule is CCOc1cccc(C2/C(=C(/O)c3ccncc3)C(=O)C(=O)N2Cc2ccc(OC)cc2)c1. The second kappa shape index (κ2) is 9.56. The number of methoxy groups -OCH3 is 1. The van der Waals surface area contributed by atoms with E-state index in [2.05, 4.69) is 4.98 Å². The van der Waals surface area contributed by atoms with Crippen LogP contribution in [0.1, 0.15) is 29.7 Å². The summed E-state index contributed by atoms with van der Waals surface area (Å²) in [6.07, 6.45) is 3.04. The molecule has 1 N–H and O–H groups in total. The molecule has 2 aromatic carbocycles. The molecular formula is C26H24N2O5. The van der Waals surface area contributed by atoms with Gasteiger partial charge in [0.2, 0.25) is 0 Å². The highest BCUT2D eigenvalue weighted by molar-refractivity contribution is 6.46. The summed E-state index contributed by atoms with van der Waals surface area (Å²) in [6.45, 7) is 2.55. The van der Waals surface area contributed by atoms with Crippen molar-refractivity contribution in [2.24, 2.45) is 0 Å². The number of benzene rings is 2. The molecule has 0 radical (unpaired) electrons. The summed E-state index contributed by atoms with van der Waals surface area (Å²) in [5.41, 5.74) is 1.95. The molecule has 1 unspecified atom stereocenters. The molecule has 0 saturated carbocycles. The number of amides is 1. The van der Waals surface area contributed by atoms with E-state index in [0.29, 0.717) is 29.2 Å². The van der Waals surface area contributed by atoms with E-state index in [-0.39, 0.29) is 17.9 Å². The van der Waals surface area contributed by atoms with Gasteiger partial charge in [-0.3, -0.25) is 14.6 Å². The zero-order valence-corrected chi connectivity index (χ0v) is 18.4. The van der Waals surface area contributed by atoms with Gasteiger partial charge >= 0.3 is 0 Å². The molecule has 33 heavy (non-hydrogen) atoms. The Morgan fingerprint density at radius 3 is 2.42 bits per heavy atom. The van der Waals surface area contributed by atoms with E-state index < -0.39 is 17.7 Å². The van der Waals surface area contributed by atoms with Crippen LogP contribution in [0.5, 0.6) is 11.5 Å². The number of carbonyl (C=O) groups is 2. The zero-order chi connectivity index (χ0) is 23.4. The molecule has 1 aromatic heterocycles. The van der Waals surface area contributed by atoms with Crippen LogP contribution in [0, 0.1) is 0 Å². The van der Waals surface area contributed by atoms with Crippen LogP contribution in [-0.2, 0) is 16.1 Å². The number of ether oxygens (including phenoxy) is 2. The van der Waals surface area contributed by atoms with Crippen molar-refractivity contribution in [1.82, 2.24) is 9.88 Å². The number of hydrogen-bond donors (Lipinski definition) is 1. The first kappa shape index (κ1) is 22.1. The van der Waals surface area contributed by atoms with E-state index >= 15 is 0 Å². The fourth-order valence-corrected chi connectivity index (χ4v) is 3.92. The molecule has 4 rings (SSSR count). The molecule has 1 amide bonds. The monoisotopic (exact) mass is 444 g/mol. The highest BCUT2D eigenvalue weighted by Gasteiger charge is 2.46. The van der Waals surface area contributed by atoms with Crippen molar-refractivity contribution >= 4 is 17.4 Å². The average molecular weight is 444 g/mol. The molecule has 1 fully saturated rings. The van der Waals surface area contributed by atoms with E-state index in [1.807, 2.05) is 31.2 Å². The standard InChI is InChI=1S/C26H24N2O5/c1-3-33-21-6-4-5-19(15-21)23-22(24(29)18-11-13-27-14-12-18)25(30)26(31)28(23)16-17-7-9-20(32-2)10-8-17/h4-15,23,29H,3,16H2,1-2H3/b24-22-. The summed E-state index contributed by atoms with van der Waals surface area (Å²) < 4.78 is 10.8. The number of aliphatic hydroxyl groups excluding tert-OH is 1. The van der Waals surface area contributed by atoms with Crippen LogP contribution in [0.3, 0.4) is 0 Å². The van der Waals surface area contributed by atoms with Gasteiger partial charge in [0.1, 0.15) is 17.3 Å². The maximum absolute atomic E-state index is 13.1. The number of hydrogen-bond acceptors (Lipinski definition) is 6. The summed E-state index contributed by atoms with van der Waals surface area (Å²) >= 11 is 0. The van der Waals surface area contributed by atoms with Crippen molar-refractivity contribution in [2.45, 2.75) is 19.5 Å². The maximum atomic E-state index is 13.1. The number of nitrogens with zero attached hydrogens (tertiary/aromatic N) is 2. The first-order valence-corrected chi connectivity index (χ1v) is 10.6. The Hall–Kier alpha value is -4.13. The van der Waals surface area contributed by atoms with Crippen LogP contribution in [0.2, 0.25) is 0 Å². The molecule has 1 aliphatic rings. The quantitative estimate of drug-likeness (QED) is 0.335. The summed E-state index contributed by atoms with van der Waals surface area (Å²) in [6, 6.07) is 16.9. The van der Waals surface area contributed by atoms with Gasteiger partial charge < -0.3 is 19.5 Å². The molecule has 1 atom stereocenters. The third-order valence-electron chi connectivity index (χ3n) is 5.49. The van der Waals surface area contributed by atoms with Crippen LogP contribution in [-0.4, -0.2) is 40.4 Å². The Morgan fingerprint density at radius 1 is 1.03 bits per heavy atom. The largest absolute Gasteiger partial charge is 0.507 e. The van der Waals surface area contributed by atoms with Gasteiger partial charge in [-0.25, -0.2) is 0 Å². The number of rotatable bonds is 7. The van der Waals surface area contributed by atoms with Crippen molar-refractivity contribution in [3.05, 3.63) is 95.3 Å². The zero-order valence-electron chi connectivity index (χ0n) is 18.4. The third kappa shape index (κ3) is 4.43. The van der Waals surface area contributed by atoms with Gasteiger partial charge in [0.15, 0.2) is 0 Å². The molecular weight excluding hydrogens is 420 g/mol. The van der Waals surface area contributed by atoms with Crippen molar-refractivity contribution in [3.8, 4) is 11.5 Å². The van der Waals surface area contributed by atoms with Crippen LogP contribution in [0.25, 0.3) is 5.76 Å². The summed E-state index contributed by atoms with van der Waals surface area (Å²) in [7, 11) is 1.58. The molecule has 0 aliphatic carbocycles. The lowest BCUT2D eigenvalue weighted by Crippen LogP contribution is -2.29. The fourth-order valence-electron chi connectivity index (χ4n) is 3.92. The van der Waals surface area contributed by atoms with E-state index in [9.17, 15) is 14.7 Å². The Kier molecular flexibility index (Phi) is 6.40. The van der Waals surface area contributed by atoms with Gasteiger partial charge in [-0.05, 0) is 54.4 Å². The van der Waals surface area contributed by atoms with Crippen molar-refractivity contribution in [2.75, 3.05) is 13.7 Å². The smallest absolute Gasteiger partial charge is 0.295 e. The van der Waals surface area contributed by atoms with Gasteiger partial charge in [-0.1, -0.05) is 24.3 Å². The van der Waals surface area contributed by atoms with Crippen LogP contribution in [0.15, 0.2) is 78.6 Å². The molecule has 3 aromatic rings. The molecule has 7 heteroatoms. The van der Waals surface area contributed by atoms with Crippen LogP contribution in [0.4, 0.5) is 0 Å². The lowest BCUT2D eigenvalue weighted by molar-refractivity contribution is -0.140. The molecule has 1 aliphatic heterocycles. The summed E-state index contributed by atoms with van der Waals surface area (Å²) in [5.74, 6) is -0.328. The lowest BCUT2D eigenvalue weighted by Gasteiger charge is -2.26. The highest BCUT2D eigenvalue weighted by atomic mass is 16.5. The van der Waals surface area contributed by atoms with Crippen molar-refractivity contribution in [3.63, 3.8) is 0 Å².